The van der Waals surface area contributed by atoms with Gasteiger partial charge in [-0.1, -0.05) is 0 Å². The van der Waals surface area contributed by atoms with Crippen LogP contribution in [0.3, 0.4) is 0 Å². The van der Waals surface area contributed by atoms with Gasteiger partial charge in [-0.15, -0.1) is 0 Å². The monoisotopic (exact) mass is 243 g/mol. The van der Waals surface area contributed by atoms with Crippen molar-refractivity contribution in [1.82, 2.24) is 14.1 Å². The number of aromatic nitrogens is 3. The number of imidazole rings is 1. The van der Waals surface area contributed by atoms with Crippen LogP contribution in [0.4, 0.5) is 0 Å². The quantitative estimate of drug-likeness (QED) is 0.829. The summed E-state index contributed by atoms with van der Waals surface area (Å²) in [6, 6.07) is 2.05. The van der Waals surface area contributed by atoms with Crippen LogP contribution in [0.25, 0.3) is 0 Å². The molecule has 0 saturated carbocycles. The third kappa shape index (κ3) is 1.88. The normalized spacial score (nSPS) is 14.8. The Morgan fingerprint density at radius 1 is 1.33 bits per heavy atom. The van der Waals surface area contributed by atoms with Crippen LogP contribution in [0.5, 0.6) is 0 Å². The van der Waals surface area contributed by atoms with Crippen LogP contribution >= 0.6 is 0 Å². The van der Waals surface area contributed by atoms with E-state index in [0.29, 0.717) is 12.2 Å². The third-order valence-electron chi connectivity index (χ3n) is 3.67. The topological polar surface area (TPSA) is 39.8 Å². The Morgan fingerprint density at radius 3 is 3.00 bits per heavy atom. The lowest BCUT2D eigenvalue weighted by Crippen LogP contribution is -2.15. The van der Waals surface area contributed by atoms with Crippen molar-refractivity contribution >= 4 is 5.78 Å². The SMILES string of the molecule is Cc1cc2c(n1CCn1ccnc1)CCCC2=O. The molecular formula is C14H17N3O. The fourth-order valence-corrected chi connectivity index (χ4v) is 2.74. The molecular weight excluding hydrogens is 226 g/mol. The second-order valence-electron chi connectivity index (χ2n) is 4.87. The Bertz CT molecular complexity index is 566. The molecule has 0 spiro atoms. The van der Waals surface area contributed by atoms with Crippen molar-refractivity contribution in [1.29, 1.82) is 0 Å². The summed E-state index contributed by atoms with van der Waals surface area (Å²) >= 11 is 0. The highest BCUT2D eigenvalue weighted by atomic mass is 16.1. The number of carbonyl (C=O) groups is 1. The van der Waals surface area contributed by atoms with E-state index in [-0.39, 0.29) is 0 Å². The number of aryl methyl sites for hydroxylation is 2. The molecule has 4 nitrogen and oxygen atoms in total. The minimum absolute atomic E-state index is 0.306. The molecule has 0 N–H and O–H groups in total. The third-order valence-corrected chi connectivity index (χ3v) is 3.67. The summed E-state index contributed by atoms with van der Waals surface area (Å²) in [6.07, 6.45) is 8.31. The van der Waals surface area contributed by atoms with Crippen molar-refractivity contribution in [3.05, 3.63) is 41.7 Å². The minimum Gasteiger partial charge on any atom is -0.346 e. The summed E-state index contributed by atoms with van der Waals surface area (Å²) in [5.74, 6) is 0.306. The number of ketones is 1. The molecule has 18 heavy (non-hydrogen) atoms. The Labute approximate surface area is 106 Å². The van der Waals surface area contributed by atoms with E-state index in [1.807, 2.05) is 18.6 Å². The van der Waals surface area contributed by atoms with Gasteiger partial charge in [-0.2, -0.15) is 0 Å². The van der Waals surface area contributed by atoms with E-state index in [1.165, 1.54) is 11.4 Å². The lowest BCUT2D eigenvalue weighted by Gasteiger charge is -2.16. The van der Waals surface area contributed by atoms with Gasteiger partial charge in [0.1, 0.15) is 0 Å². The first-order valence-corrected chi connectivity index (χ1v) is 6.43. The zero-order chi connectivity index (χ0) is 12.5. The van der Waals surface area contributed by atoms with Crippen LogP contribution in [0, 0.1) is 6.92 Å². The molecule has 0 amide bonds. The highest BCUT2D eigenvalue weighted by molar-refractivity contribution is 5.98. The molecule has 0 bridgehead atoms. The second kappa shape index (κ2) is 4.44. The van der Waals surface area contributed by atoms with E-state index in [0.717, 1.165) is 31.5 Å². The van der Waals surface area contributed by atoms with Gasteiger partial charge in [0.05, 0.1) is 6.33 Å². The first-order chi connectivity index (χ1) is 8.75. The maximum absolute atomic E-state index is 11.9. The lowest BCUT2D eigenvalue weighted by atomic mass is 9.97. The Balaban J connectivity index is 1.85. The Morgan fingerprint density at radius 2 is 2.22 bits per heavy atom. The molecule has 94 valence electrons. The fraction of sp³-hybridized carbons (Fsp3) is 0.429. The van der Waals surface area contributed by atoms with Crippen molar-refractivity contribution in [3.8, 4) is 0 Å². The highest BCUT2D eigenvalue weighted by Gasteiger charge is 2.22. The van der Waals surface area contributed by atoms with Gasteiger partial charge in [0.25, 0.3) is 0 Å². The van der Waals surface area contributed by atoms with Gasteiger partial charge in [0.15, 0.2) is 5.78 Å². The molecule has 2 aromatic rings. The maximum atomic E-state index is 11.9. The molecule has 3 rings (SSSR count). The van der Waals surface area contributed by atoms with Gasteiger partial charge in [0.2, 0.25) is 0 Å². The first kappa shape index (κ1) is 11.3. The molecule has 0 saturated heterocycles. The Hall–Kier alpha value is -1.84. The first-order valence-electron chi connectivity index (χ1n) is 6.43. The van der Waals surface area contributed by atoms with Crippen LogP contribution in [-0.2, 0) is 19.5 Å². The number of fused-ring (bicyclic) bond motifs is 1. The number of hydrogen-bond donors (Lipinski definition) is 0. The zero-order valence-electron chi connectivity index (χ0n) is 10.6. The smallest absolute Gasteiger partial charge is 0.164 e. The molecule has 4 heteroatoms. The molecule has 1 aliphatic rings. The van der Waals surface area contributed by atoms with Gasteiger partial charge in [0, 0.05) is 48.9 Å². The molecule has 0 unspecified atom stereocenters. The summed E-state index contributed by atoms with van der Waals surface area (Å²) < 4.78 is 4.35. The number of Topliss-reactive ketones (excluding diaryl/α,β-unsaturated/α-hetero) is 1. The predicted octanol–water partition coefficient (Wildman–Crippen LogP) is 2.21. The summed E-state index contributed by atoms with van der Waals surface area (Å²) in [6.45, 7) is 3.89. The van der Waals surface area contributed by atoms with Crippen molar-refractivity contribution in [2.24, 2.45) is 0 Å². The van der Waals surface area contributed by atoms with E-state index in [9.17, 15) is 4.79 Å². The fourth-order valence-electron chi connectivity index (χ4n) is 2.74. The van der Waals surface area contributed by atoms with Gasteiger partial charge >= 0.3 is 0 Å². The standard InChI is InChI=1S/C14H17N3O/c1-11-9-12-13(3-2-4-14(12)18)17(11)8-7-16-6-5-15-10-16/h5-6,9-10H,2-4,7-8H2,1H3. The van der Waals surface area contributed by atoms with Crippen molar-refractivity contribution in [3.63, 3.8) is 0 Å². The minimum atomic E-state index is 0.306. The van der Waals surface area contributed by atoms with E-state index in [4.69, 9.17) is 0 Å². The van der Waals surface area contributed by atoms with Gasteiger partial charge < -0.3 is 9.13 Å². The summed E-state index contributed by atoms with van der Waals surface area (Å²) in [5, 5.41) is 0. The average molecular weight is 243 g/mol. The molecule has 0 fully saturated rings. The van der Waals surface area contributed by atoms with Crippen LogP contribution < -0.4 is 0 Å². The molecule has 0 aromatic carbocycles. The number of carbonyl (C=O) groups excluding carboxylic acids is 1. The summed E-state index contributed by atoms with van der Waals surface area (Å²) in [4.78, 5) is 15.9. The van der Waals surface area contributed by atoms with Gasteiger partial charge in [-0.05, 0) is 25.8 Å². The predicted molar refractivity (Wildman–Crippen MR) is 68.7 cm³/mol. The van der Waals surface area contributed by atoms with E-state index in [2.05, 4.69) is 21.0 Å². The number of rotatable bonds is 3. The molecule has 1 aliphatic carbocycles. The van der Waals surface area contributed by atoms with Gasteiger partial charge in [-0.3, -0.25) is 4.79 Å². The summed E-state index contributed by atoms with van der Waals surface area (Å²) in [7, 11) is 0. The van der Waals surface area contributed by atoms with Crippen LogP contribution in [0.15, 0.2) is 24.8 Å². The van der Waals surface area contributed by atoms with Crippen LogP contribution in [0.2, 0.25) is 0 Å². The van der Waals surface area contributed by atoms with Gasteiger partial charge in [-0.25, -0.2) is 4.98 Å². The van der Waals surface area contributed by atoms with Crippen LogP contribution in [0.1, 0.15) is 34.6 Å². The highest BCUT2D eigenvalue weighted by Crippen LogP contribution is 2.24. The van der Waals surface area contributed by atoms with Crippen LogP contribution in [-0.4, -0.2) is 19.9 Å². The van der Waals surface area contributed by atoms with E-state index in [1.54, 1.807) is 6.20 Å². The maximum Gasteiger partial charge on any atom is 0.164 e. The zero-order valence-corrected chi connectivity index (χ0v) is 10.6. The van der Waals surface area contributed by atoms with Crippen molar-refractivity contribution in [2.45, 2.75) is 39.3 Å². The molecule has 0 atom stereocenters. The second-order valence-corrected chi connectivity index (χ2v) is 4.87. The molecule has 2 heterocycles. The Kier molecular flexibility index (Phi) is 2.78. The molecule has 2 aromatic heterocycles. The average Bonchev–Trinajstić information content (AvgIpc) is 2.95. The van der Waals surface area contributed by atoms with E-state index < -0.39 is 0 Å². The number of nitrogens with zero attached hydrogens (tertiary/aromatic N) is 3. The molecule has 0 aliphatic heterocycles. The van der Waals surface area contributed by atoms with Crippen molar-refractivity contribution in [2.75, 3.05) is 0 Å². The number of hydrogen-bond acceptors (Lipinski definition) is 2. The lowest BCUT2D eigenvalue weighted by molar-refractivity contribution is 0.0971. The largest absolute Gasteiger partial charge is 0.346 e. The van der Waals surface area contributed by atoms with E-state index >= 15 is 0 Å². The van der Waals surface area contributed by atoms with Crippen molar-refractivity contribution < 1.29 is 4.79 Å². The summed E-state index contributed by atoms with van der Waals surface area (Å²) in [5.41, 5.74) is 3.36. The molecule has 0 radical (unpaired) electrons.